The maximum Gasteiger partial charge on any atom is 0.245 e. The summed E-state index contributed by atoms with van der Waals surface area (Å²) in [5.74, 6) is 0.254. The summed E-state index contributed by atoms with van der Waals surface area (Å²) in [6, 6.07) is 22.9. The van der Waals surface area contributed by atoms with Gasteiger partial charge in [0.25, 0.3) is 0 Å². The van der Waals surface area contributed by atoms with Gasteiger partial charge in [-0.2, -0.15) is 4.31 Å². The fraction of sp³-hybridized carbons (Fsp3) is 0.269. The Hall–Kier alpha value is -2.90. The molecule has 3 aromatic carbocycles. The second-order valence-corrected chi connectivity index (χ2v) is 13.5. The first-order valence-electron chi connectivity index (χ1n) is 11.9. The normalized spacial score (nSPS) is 14.7. The third-order valence-electron chi connectivity index (χ3n) is 5.81. The number of benzene rings is 3. The molecule has 0 unspecified atom stereocenters. The van der Waals surface area contributed by atoms with Crippen LogP contribution in [0, 0.1) is 0 Å². The summed E-state index contributed by atoms with van der Waals surface area (Å²) in [5, 5.41) is 2.73. The molecule has 0 saturated carbocycles. The minimum atomic E-state index is -3.82. The molecule has 12 heteroatoms. The van der Waals surface area contributed by atoms with Gasteiger partial charge in [-0.3, -0.25) is 9.10 Å². The van der Waals surface area contributed by atoms with E-state index in [1.807, 2.05) is 42.5 Å². The lowest BCUT2D eigenvalue weighted by Gasteiger charge is -2.26. The van der Waals surface area contributed by atoms with Crippen molar-refractivity contribution in [3.8, 4) is 0 Å². The van der Waals surface area contributed by atoms with E-state index in [-0.39, 0.29) is 23.7 Å². The first-order chi connectivity index (χ1) is 18.1. The second-order valence-electron chi connectivity index (χ2n) is 8.63. The standard InChI is InChI=1S/C26H29N3O6S3/c1-37(31,32)29(23-11-13-25(14-12-23)38(33,34)28-15-17-35-18-16-28)19-26(30)27-22-9-7-21(8-10-22)20-36-24-5-3-2-4-6-24/h2-14H,15-20H2,1H3,(H,27,30). The number of hydrogen-bond acceptors (Lipinski definition) is 7. The van der Waals surface area contributed by atoms with Gasteiger partial charge in [-0.05, 0) is 54.1 Å². The summed E-state index contributed by atoms with van der Waals surface area (Å²) in [7, 11) is -7.54. The van der Waals surface area contributed by atoms with E-state index in [0.29, 0.717) is 18.9 Å². The number of sulfonamides is 2. The van der Waals surface area contributed by atoms with Crippen LogP contribution in [0.3, 0.4) is 0 Å². The van der Waals surface area contributed by atoms with Crippen molar-refractivity contribution < 1.29 is 26.4 Å². The molecule has 1 aliphatic heterocycles. The van der Waals surface area contributed by atoms with Crippen LogP contribution >= 0.6 is 11.8 Å². The number of nitrogens with zero attached hydrogens (tertiary/aromatic N) is 2. The lowest BCUT2D eigenvalue weighted by atomic mass is 10.2. The molecule has 1 amide bonds. The Morgan fingerprint density at radius 2 is 1.55 bits per heavy atom. The van der Waals surface area contributed by atoms with Crippen LogP contribution in [-0.2, 0) is 35.3 Å². The minimum absolute atomic E-state index is 0.0477. The molecular weight excluding hydrogens is 547 g/mol. The van der Waals surface area contributed by atoms with E-state index in [0.717, 1.165) is 26.8 Å². The molecule has 1 aliphatic rings. The summed E-state index contributed by atoms with van der Waals surface area (Å²) in [6.45, 7) is 0.701. The second kappa shape index (κ2) is 12.3. The number of carbonyl (C=O) groups is 1. The van der Waals surface area contributed by atoms with Crippen LogP contribution in [0.2, 0.25) is 0 Å². The fourth-order valence-corrected chi connectivity index (χ4v) is 6.96. The largest absolute Gasteiger partial charge is 0.379 e. The zero-order valence-electron chi connectivity index (χ0n) is 20.8. The molecule has 3 aromatic rings. The molecular formula is C26H29N3O6S3. The van der Waals surface area contributed by atoms with E-state index in [4.69, 9.17) is 4.74 Å². The van der Waals surface area contributed by atoms with E-state index in [1.54, 1.807) is 23.9 Å². The molecule has 0 atom stereocenters. The van der Waals surface area contributed by atoms with E-state index in [2.05, 4.69) is 5.32 Å². The van der Waals surface area contributed by atoms with Crippen molar-refractivity contribution in [2.45, 2.75) is 15.5 Å². The molecule has 38 heavy (non-hydrogen) atoms. The number of thioether (sulfide) groups is 1. The van der Waals surface area contributed by atoms with Crippen molar-refractivity contribution >= 4 is 49.1 Å². The summed E-state index contributed by atoms with van der Waals surface area (Å²) >= 11 is 1.71. The quantitative estimate of drug-likeness (QED) is 0.369. The van der Waals surface area contributed by atoms with Gasteiger partial charge in [-0.15, -0.1) is 11.8 Å². The molecule has 1 N–H and O–H groups in total. The highest BCUT2D eigenvalue weighted by atomic mass is 32.2. The Morgan fingerprint density at radius 3 is 2.16 bits per heavy atom. The molecule has 1 saturated heterocycles. The fourth-order valence-electron chi connectivity index (χ4n) is 3.82. The highest BCUT2D eigenvalue weighted by Gasteiger charge is 2.27. The molecule has 0 aromatic heterocycles. The van der Waals surface area contributed by atoms with Gasteiger partial charge in [0.1, 0.15) is 6.54 Å². The van der Waals surface area contributed by atoms with E-state index < -0.39 is 32.5 Å². The lowest BCUT2D eigenvalue weighted by molar-refractivity contribution is -0.114. The molecule has 1 fully saturated rings. The van der Waals surface area contributed by atoms with Crippen molar-refractivity contribution in [3.63, 3.8) is 0 Å². The van der Waals surface area contributed by atoms with Crippen LogP contribution in [0.4, 0.5) is 11.4 Å². The molecule has 0 aliphatic carbocycles. The van der Waals surface area contributed by atoms with Gasteiger partial charge in [0.05, 0.1) is 30.1 Å². The smallest absolute Gasteiger partial charge is 0.245 e. The van der Waals surface area contributed by atoms with Crippen molar-refractivity contribution in [3.05, 3.63) is 84.4 Å². The lowest BCUT2D eigenvalue weighted by Crippen LogP contribution is -2.40. The van der Waals surface area contributed by atoms with E-state index in [9.17, 15) is 21.6 Å². The Bertz CT molecular complexity index is 1440. The number of rotatable bonds is 10. The summed E-state index contributed by atoms with van der Waals surface area (Å²) in [5.41, 5.74) is 1.82. The van der Waals surface area contributed by atoms with Crippen LogP contribution in [-0.4, -0.2) is 66.2 Å². The average Bonchev–Trinajstić information content (AvgIpc) is 2.92. The number of hydrogen-bond donors (Lipinski definition) is 1. The Morgan fingerprint density at radius 1 is 0.921 bits per heavy atom. The minimum Gasteiger partial charge on any atom is -0.379 e. The predicted octanol–water partition coefficient (Wildman–Crippen LogP) is 3.40. The first-order valence-corrected chi connectivity index (χ1v) is 16.1. The van der Waals surface area contributed by atoms with Crippen molar-refractivity contribution in [2.75, 3.05) is 48.7 Å². The molecule has 0 bridgehead atoms. The molecule has 0 spiro atoms. The van der Waals surface area contributed by atoms with Crippen LogP contribution in [0.25, 0.3) is 0 Å². The predicted molar refractivity (Wildman–Crippen MR) is 149 cm³/mol. The highest BCUT2D eigenvalue weighted by molar-refractivity contribution is 7.98. The Kier molecular flexibility index (Phi) is 9.11. The van der Waals surface area contributed by atoms with Gasteiger partial charge >= 0.3 is 0 Å². The number of ether oxygens (including phenoxy) is 1. The monoisotopic (exact) mass is 575 g/mol. The van der Waals surface area contributed by atoms with Crippen LogP contribution < -0.4 is 9.62 Å². The Labute approximate surface area is 227 Å². The number of nitrogens with one attached hydrogen (secondary N) is 1. The van der Waals surface area contributed by atoms with Gasteiger partial charge < -0.3 is 10.1 Å². The molecule has 4 rings (SSSR count). The van der Waals surface area contributed by atoms with Gasteiger partial charge in [0.2, 0.25) is 26.0 Å². The topological polar surface area (TPSA) is 113 Å². The molecule has 202 valence electrons. The molecule has 1 heterocycles. The van der Waals surface area contributed by atoms with Crippen molar-refractivity contribution in [1.29, 1.82) is 0 Å². The van der Waals surface area contributed by atoms with E-state index in [1.165, 1.54) is 28.6 Å². The average molecular weight is 576 g/mol. The zero-order valence-corrected chi connectivity index (χ0v) is 23.3. The third kappa shape index (κ3) is 7.35. The number of amides is 1. The number of morpholine rings is 1. The maximum atomic E-state index is 12.9. The van der Waals surface area contributed by atoms with Crippen molar-refractivity contribution in [2.24, 2.45) is 0 Å². The highest BCUT2D eigenvalue weighted by Crippen LogP contribution is 2.25. The molecule has 9 nitrogen and oxygen atoms in total. The number of carbonyl (C=O) groups excluding carboxylic acids is 1. The van der Waals surface area contributed by atoms with Gasteiger partial charge in [-0.1, -0.05) is 30.3 Å². The van der Waals surface area contributed by atoms with Gasteiger partial charge in [-0.25, -0.2) is 16.8 Å². The van der Waals surface area contributed by atoms with Gasteiger partial charge in [0.15, 0.2) is 0 Å². The molecule has 0 radical (unpaired) electrons. The van der Waals surface area contributed by atoms with Crippen LogP contribution in [0.1, 0.15) is 5.56 Å². The summed E-state index contributed by atoms with van der Waals surface area (Å²) in [6.07, 6.45) is 0.998. The Balaban J connectivity index is 1.39. The maximum absolute atomic E-state index is 12.9. The van der Waals surface area contributed by atoms with Crippen LogP contribution in [0.15, 0.2) is 88.7 Å². The van der Waals surface area contributed by atoms with E-state index >= 15 is 0 Å². The van der Waals surface area contributed by atoms with Crippen molar-refractivity contribution in [1.82, 2.24) is 4.31 Å². The zero-order chi connectivity index (χ0) is 27.2. The van der Waals surface area contributed by atoms with Crippen LogP contribution in [0.5, 0.6) is 0 Å². The first kappa shape index (κ1) is 28.1. The summed E-state index contributed by atoms with van der Waals surface area (Å²) < 4.78 is 58.2. The number of anilines is 2. The van der Waals surface area contributed by atoms with Gasteiger partial charge in [0, 0.05) is 29.4 Å². The SMILES string of the molecule is CS(=O)(=O)N(CC(=O)Nc1ccc(CSc2ccccc2)cc1)c1ccc(S(=O)(=O)N2CCOCC2)cc1. The summed E-state index contributed by atoms with van der Waals surface area (Å²) in [4.78, 5) is 13.9. The third-order valence-corrected chi connectivity index (χ3v) is 9.94.